The third-order valence-corrected chi connectivity index (χ3v) is 6.38. The third kappa shape index (κ3) is 13.4. The summed E-state index contributed by atoms with van der Waals surface area (Å²) in [7, 11) is 0. The highest BCUT2D eigenvalue weighted by atomic mass is 16.6. The molecule has 0 spiro atoms. The number of carbonyl (C=O) groups is 2. The van der Waals surface area contributed by atoms with Gasteiger partial charge in [-0.3, -0.25) is 10.2 Å². The minimum Gasteiger partial charge on any atom is -0.506 e. The molecule has 6 rings (SSSR count). The molecule has 0 atom stereocenters. The van der Waals surface area contributed by atoms with Crippen molar-refractivity contribution in [2.45, 2.75) is 52.7 Å². The summed E-state index contributed by atoms with van der Waals surface area (Å²) >= 11 is 0. The van der Waals surface area contributed by atoms with E-state index in [1.807, 2.05) is 69.3 Å². The van der Waals surface area contributed by atoms with Gasteiger partial charge in [0, 0.05) is 6.54 Å². The summed E-state index contributed by atoms with van der Waals surface area (Å²) < 4.78 is 21.2. The minimum atomic E-state index is -0.580. The number of ether oxygens (including phenoxy) is 4. The zero-order valence-corrected chi connectivity index (χ0v) is 29.4. The van der Waals surface area contributed by atoms with Crippen molar-refractivity contribution < 1.29 is 38.7 Å². The van der Waals surface area contributed by atoms with Crippen molar-refractivity contribution in [1.29, 1.82) is 0 Å². The Morgan fingerprint density at radius 1 is 0.740 bits per heavy atom. The number of phenolic OH excluding ortho intramolecular Hbond substituents is 2. The lowest BCUT2D eigenvalue weighted by Crippen LogP contribution is -2.41. The van der Waals surface area contributed by atoms with Gasteiger partial charge in [0.15, 0.2) is 0 Å². The predicted molar refractivity (Wildman–Crippen MR) is 196 cm³/mol. The maximum absolute atomic E-state index is 12.0. The lowest BCUT2D eigenvalue weighted by atomic mass is 10.2. The standard InChI is InChI=1S/C13H17NO3.C11H15NO3.C8H9NO.C6H7NO/c1-13(2,3)17-12(15)14-8-9-16-11-7-5-4-6-10(11)14;1-11(2,3)15-10(14)12-8-6-4-5-7-9(8)13;1-2-4-8-7(3-1)9-5-6-10-8;7-5-3-1-2-4-6(5)8/h4-7H,8-9H2,1-3H3;4-7,13H,1-3H3,(H,12,14);1-4,9H,5-6H2;1-4,8H,7H2. The molecule has 0 bridgehead atoms. The number of carbonyl (C=O) groups excluding carboxylic acids is 2. The molecule has 12 nitrogen and oxygen atoms in total. The molecule has 2 aliphatic rings. The molecule has 2 aliphatic heterocycles. The molecule has 2 heterocycles. The summed E-state index contributed by atoms with van der Waals surface area (Å²) in [4.78, 5) is 25.0. The number of amides is 2. The first-order chi connectivity index (χ1) is 23.6. The number of nitrogens with one attached hydrogen (secondary N) is 2. The van der Waals surface area contributed by atoms with Crippen molar-refractivity contribution in [3.05, 3.63) is 97.1 Å². The minimum absolute atomic E-state index is 0.0170. The fraction of sp³-hybridized carbons (Fsp3) is 0.316. The second-order valence-electron chi connectivity index (χ2n) is 12.9. The fourth-order valence-electron chi connectivity index (χ4n) is 4.24. The molecule has 0 aliphatic carbocycles. The van der Waals surface area contributed by atoms with E-state index in [1.54, 1.807) is 68.1 Å². The highest BCUT2D eigenvalue weighted by molar-refractivity contribution is 5.90. The summed E-state index contributed by atoms with van der Waals surface area (Å²) in [6.45, 7) is 13.6. The topological polar surface area (TPSA) is 165 Å². The van der Waals surface area contributed by atoms with Crippen LogP contribution in [0.3, 0.4) is 0 Å². The molecule has 4 aromatic carbocycles. The molecule has 268 valence electrons. The molecule has 0 aromatic heterocycles. The van der Waals surface area contributed by atoms with Crippen LogP contribution in [0.1, 0.15) is 41.5 Å². The van der Waals surface area contributed by atoms with Crippen LogP contribution in [-0.2, 0) is 9.47 Å². The Kier molecular flexibility index (Phi) is 14.0. The maximum atomic E-state index is 12.0. The van der Waals surface area contributed by atoms with E-state index < -0.39 is 17.3 Å². The lowest BCUT2D eigenvalue weighted by molar-refractivity contribution is 0.0566. The highest BCUT2D eigenvalue weighted by Crippen LogP contribution is 2.32. The summed E-state index contributed by atoms with van der Waals surface area (Å²) in [5.74, 6) is 1.86. The number of anilines is 4. The number of aromatic hydroxyl groups is 2. The van der Waals surface area contributed by atoms with Gasteiger partial charge in [0.05, 0.1) is 29.3 Å². The number of fused-ring (bicyclic) bond motifs is 2. The van der Waals surface area contributed by atoms with Gasteiger partial charge in [-0.1, -0.05) is 48.5 Å². The first-order valence-corrected chi connectivity index (χ1v) is 16.1. The van der Waals surface area contributed by atoms with Crippen molar-refractivity contribution in [2.75, 3.05) is 47.6 Å². The molecule has 0 unspecified atom stereocenters. The molecule has 50 heavy (non-hydrogen) atoms. The van der Waals surface area contributed by atoms with Crippen LogP contribution in [0.25, 0.3) is 0 Å². The monoisotopic (exact) mass is 688 g/mol. The average molecular weight is 689 g/mol. The second-order valence-corrected chi connectivity index (χ2v) is 12.9. The van der Waals surface area contributed by atoms with Gasteiger partial charge in [0.1, 0.15) is 47.4 Å². The van der Waals surface area contributed by atoms with E-state index in [0.717, 1.165) is 36.0 Å². The van der Waals surface area contributed by atoms with Crippen LogP contribution in [0.5, 0.6) is 23.0 Å². The van der Waals surface area contributed by atoms with Crippen LogP contribution in [0.2, 0.25) is 0 Å². The molecular formula is C38H48N4O8. The third-order valence-electron chi connectivity index (χ3n) is 6.38. The van der Waals surface area contributed by atoms with Crippen LogP contribution < -0.4 is 30.7 Å². The van der Waals surface area contributed by atoms with Gasteiger partial charge >= 0.3 is 12.2 Å². The average Bonchev–Trinajstić information content (AvgIpc) is 3.06. The number of nitrogens with zero attached hydrogens (tertiary/aromatic N) is 1. The van der Waals surface area contributed by atoms with Crippen molar-refractivity contribution in [2.24, 2.45) is 0 Å². The second kappa shape index (κ2) is 18.1. The van der Waals surface area contributed by atoms with Gasteiger partial charge in [-0.25, -0.2) is 9.59 Å². The van der Waals surface area contributed by atoms with Gasteiger partial charge in [-0.05, 0) is 90.1 Å². The van der Waals surface area contributed by atoms with Gasteiger partial charge < -0.3 is 40.2 Å². The van der Waals surface area contributed by atoms with Gasteiger partial charge in [0.2, 0.25) is 0 Å². The van der Waals surface area contributed by atoms with E-state index in [9.17, 15) is 14.7 Å². The number of para-hydroxylation sites is 8. The van der Waals surface area contributed by atoms with E-state index in [4.69, 9.17) is 29.8 Å². The van der Waals surface area contributed by atoms with Crippen LogP contribution in [0.4, 0.5) is 32.3 Å². The molecule has 4 aromatic rings. The quantitative estimate of drug-likeness (QED) is 0.0977. The molecule has 0 saturated carbocycles. The molecule has 12 heteroatoms. The normalized spacial score (nSPS) is 12.7. The SMILES string of the molecule is CC(C)(C)OC(=O)N1CCOc2ccccc21.CC(C)(C)OC(=O)Nc1ccccc1O.Nc1ccccc1O.c1ccc2c(c1)NCCO2. The van der Waals surface area contributed by atoms with Gasteiger partial charge in [-0.15, -0.1) is 0 Å². The summed E-state index contributed by atoms with van der Waals surface area (Å²) in [6.07, 6.45) is -0.905. The first-order valence-electron chi connectivity index (χ1n) is 16.1. The largest absolute Gasteiger partial charge is 0.506 e. The number of rotatable bonds is 1. The number of hydrogen-bond acceptors (Lipinski definition) is 10. The molecule has 0 saturated heterocycles. The van der Waals surface area contributed by atoms with Gasteiger partial charge in [-0.2, -0.15) is 0 Å². The zero-order valence-electron chi connectivity index (χ0n) is 29.4. The number of nitrogens with two attached hydrogens (primary N) is 1. The van der Waals surface area contributed by atoms with E-state index in [0.29, 0.717) is 24.5 Å². The molecule has 6 N–H and O–H groups in total. The Morgan fingerprint density at radius 3 is 1.90 bits per heavy atom. The molecule has 0 fully saturated rings. The number of hydrogen-bond donors (Lipinski definition) is 5. The van der Waals surface area contributed by atoms with Crippen molar-refractivity contribution in [3.8, 4) is 23.0 Å². The highest BCUT2D eigenvalue weighted by Gasteiger charge is 2.27. The Hall–Kier alpha value is -5.78. The van der Waals surface area contributed by atoms with Crippen LogP contribution >= 0.6 is 0 Å². The maximum Gasteiger partial charge on any atom is 0.415 e. The Bertz CT molecular complexity index is 1640. The molecule has 2 amide bonds. The van der Waals surface area contributed by atoms with Crippen molar-refractivity contribution in [1.82, 2.24) is 0 Å². The molecule has 0 radical (unpaired) electrons. The Morgan fingerprint density at radius 2 is 1.30 bits per heavy atom. The summed E-state index contributed by atoms with van der Waals surface area (Å²) in [5, 5.41) is 23.9. The van der Waals surface area contributed by atoms with Crippen molar-refractivity contribution in [3.63, 3.8) is 0 Å². The van der Waals surface area contributed by atoms with Crippen LogP contribution in [-0.4, -0.2) is 59.9 Å². The van der Waals surface area contributed by atoms with E-state index in [2.05, 4.69) is 10.6 Å². The summed E-state index contributed by atoms with van der Waals surface area (Å²) in [6, 6.07) is 28.6. The Labute approximate surface area is 293 Å². The van der Waals surface area contributed by atoms with Crippen molar-refractivity contribution >= 4 is 34.9 Å². The Balaban J connectivity index is 0.000000187. The first kappa shape index (κ1) is 38.7. The summed E-state index contributed by atoms with van der Waals surface area (Å²) in [5.41, 5.74) is 6.88. The number of nitrogen functional groups attached to an aromatic ring is 1. The smallest absolute Gasteiger partial charge is 0.415 e. The van der Waals surface area contributed by atoms with Gasteiger partial charge in [0.25, 0.3) is 0 Å². The number of phenols is 2. The van der Waals surface area contributed by atoms with E-state index in [1.165, 1.54) is 6.07 Å². The fourth-order valence-corrected chi connectivity index (χ4v) is 4.24. The molecular weight excluding hydrogens is 640 g/mol. The predicted octanol–water partition coefficient (Wildman–Crippen LogP) is 8.03. The van der Waals surface area contributed by atoms with Crippen LogP contribution in [0, 0.1) is 0 Å². The zero-order chi connectivity index (χ0) is 36.7. The lowest BCUT2D eigenvalue weighted by Gasteiger charge is -2.31. The number of benzene rings is 4. The van der Waals surface area contributed by atoms with E-state index in [-0.39, 0.29) is 17.6 Å². The van der Waals surface area contributed by atoms with Crippen LogP contribution in [0.15, 0.2) is 97.1 Å². The van der Waals surface area contributed by atoms with E-state index >= 15 is 0 Å².